The molecule has 0 bridgehead atoms. The molecule has 1 atom stereocenters. The van der Waals surface area contributed by atoms with Crippen LogP contribution in [0.1, 0.15) is 22.0 Å². The van der Waals surface area contributed by atoms with E-state index in [1.54, 1.807) is 0 Å². The van der Waals surface area contributed by atoms with Gasteiger partial charge in [0.25, 0.3) is 0 Å². The number of hydrogen-bond acceptors (Lipinski definition) is 6. The van der Waals surface area contributed by atoms with Gasteiger partial charge in [-0.05, 0) is 6.07 Å². The standard InChI is InChI=1S/C11H14O7/c1-17-7-3-5(11(15)16)8(6(13)4-12)10(18-2)9(7)14/h3,6,12-14H,4H2,1-2H3,(H,15,16). The first-order valence-electron chi connectivity index (χ1n) is 4.97. The van der Waals surface area contributed by atoms with E-state index in [4.69, 9.17) is 19.7 Å². The molecule has 7 heteroatoms. The Morgan fingerprint density at radius 2 is 2.00 bits per heavy atom. The Kier molecular flexibility index (Phi) is 4.35. The van der Waals surface area contributed by atoms with Crippen molar-refractivity contribution in [1.29, 1.82) is 0 Å². The highest BCUT2D eigenvalue weighted by Crippen LogP contribution is 2.43. The number of ether oxygens (including phenoxy) is 2. The molecule has 0 saturated heterocycles. The number of hydrogen-bond donors (Lipinski definition) is 4. The van der Waals surface area contributed by atoms with E-state index in [2.05, 4.69) is 0 Å². The Morgan fingerprint density at radius 1 is 1.39 bits per heavy atom. The SMILES string of the molecule is COc1cc(C(=O)O)c(C(O)CO)c(OC)c1O. The van der Waals surface area contributed by atoms with Gasteiger partial charge in [-0.15, -0.1) is 0 Å². The maximum Gasteiger partial charge on any atom is 0.336 e. The normalized spacial score (nSPS) is 12.0. The number of phenols is 1. The van der Waals surface area contributed by atoms with Crippen molar-refractivity contribution in [3.63, 3.8) is 0 Å². The minimum absolute atomic E-state index is 0.0989. The molecule has 1 aromatic rings. The number of carbonyl (C=O) groups is 1. The summed E-state index contributed by atoms with van der Waals surface area (Å²) in [4.78, 5) is 11.1. The lowest BCUT2D eigenvalue weighted by molar-refractivity contribution is 0.0669. The molecule has 18 heavy (non-hydrogen) atoms. The predicted octanol–water partition coefficient (Wildman–Crippen LogP) is 0.133. The third kappa shape index (κ3) is 2.31. The Balaban J connectivity index is 3.62. The van der Waals surface area contributed by atoms with Gasteiger partial charge in [-0.3, -0.25) is 0 Å². The molecule has 0 aliphatic heterocycles. The van der Waals surface area contributed by atoms with Crippen LogP contribution in [0.15, 0.2) is 6.07 Å². The number of benzene rings is 1. The zero-order valence-corrected chi connectivity index (χ0v) is 9.88. The van der Waals surface area contributed by atoms with Crippen LogP contribution >= 0.6 is 0 Å². The van der Waals surface area contributed by atoms with E-state index >= 15 is 0 Å². The van der Waals surface area contributed by atoms with Gasteiger partial charge in [0.05, 0.1) is 26.4 Å². The van der Waals surface area contributed by atoms with Gasteiger partial charge in [0.1, 0.15) is 6.10 Å². The molecular formula is C11H14O7. The van der Waals surface area contributed by atoms with E-state index in [9.17, 15) is 15.0 Å². The summed E-state index contributed by atoms with van der Waals surface area (Å²) in [6.07, 6.45) is -1.48. The molecule has 0 fully saturated rings. The van der Waals surface area contributed by atoms with Gasteiger partial charge in [-0.2, -0.15) is 0 Å². The van der Waals surface area contributed by atoms with Crippen molar-refractivity contribution in [3.05, 3.63) is 17.2 Å². The van der Waals surface area contributed by atoms with Crippen LogP contribution in [-0.2, 0) is 0 Å². The van der Waals surface area contributed by atoms with Crippen LogP contribution in [0.25, 0.3) is 0 Å². The number of aliphatic hydroxyl groups excluding tert-OH is 2. The van der Waals surface area contributed by atoms with Crippen molar-refractivity contribution in [3.8, 4) is 17.2 Å². The highest BCUT2D eigenvalue weighted by molar-refractivity contribution is 5.92. The molecule has 4 N–H and O–H groups in total. The zero-order chi connectivity index (χ0) is 13.9. The molecule has 0 aromatic heterocycles. The van der Waals surface area contributed by atoms with Gasteiger partial charge < -0.3 is 29.9 Å². The molecule has 0 aliphatic carbocycles. The highest BCUT2D eigenvalue weighted by Gasteiger charge is 2.27. The number of aliphatic hydroxyl groups is 2. The lowest BCUT2D eigenvalue weighted by Crippen LogP contribution is -2.12. The lowest BCUT2D eigenvalue weighted by Gasteiger charge is -2.18. The largest absolute Gasteiger partial charge is 0.502 e. The van der Waals surface area contributed by atoms with Gasteiger partial charge in [0.2, 0.25) is 5.75 Å². The second-order valence-electron chi connectivity index (χ2n) is 3.43. The van der Waals surface area contributed by atoms with Crippen LogP contribution in [0, 0.1) is 0 Å². The van der Waals surface area contributed by atoms with Crippen LogP contribution in [0.4, 0.5) is 0 Å². The van der Waals surface area contributed by atoms with E-state index in [1.807, 2.05) is 0 Å². The summed E-state index contributed by atoms with van der Waals surface area (Å²) in [5, 5.41) is 37.4. The van der Waals surface area contributed by atoms with Crippen LogP contribution in [0.2, 0.25) is 0 Å². The quantitative estimate of drug-likeness (QED) is 0.593. The van der Waals surface area contributed by atoms with Gasteiger partial charge >= 0.3 is 5.97 Å². The van der Waals surface area contributed by atoms with Gasteiger partial charge in [0.15, 0.2) is 11.5 Å². The number of methoxy groups -OCH3 is 2. The first-order valence-corrected chi connectivity index (χ1v) is 4.97. The molecule has 0 aliphatic rings. The van der Waals surface area contributed by atoms with Crippen molar-refractivity contribution >= 4 is 5.97 Å². The summed E-state index contributed by atoms with van der Waals surface area (Å²) < 4.78 is 9.68. The fourth-order valence-corrected chi connectivity index (χ4v) is 1.60. The van der Waals surface area contributed by atoms with Gasteiger partial charge in [-0.1, -0.05) is 0 Å². The topological polar surface area (TPSA) is 116 Å². The van der Waals surface area contributed by atoms with Crippen molar-refractivity contribution in [2.75, 3.05) is 20.8 Å². The molecule has 1 unspecified atom stereocenters. The highest BCUT2D eigenvalue weighted by atomic mass is 16.5. The molecule has 0 saturated carbocycles. The number of rotatable bonds is 5. The van der Waals surface area contributed by atoms with Crippen LogP contribution in [0.3, 0.4) is 0 Å². The first kappa shape index (κ1) is 14.1. The van der Waals surface area contributed by atoms with Crippen molar-refractivity contribution in [2.24, 2.45) is 0 Å². The van der Waals surface area contributed by atoms with Crippen molar-refractivity contribution in [2.45, 2.75) is 6.10 Å². The molecule has 0 radical (unpaired) electrons. The Labute approximate surface area is 103 Å². The Bertz CT molecular complexity index is 455. The van der Waals surface area contributed by atoms with E-state index < -0.39 is 24.4 Å². The van der Waals surface area contributed by atoms with Crippen LogP contribution < -0.4 is 9.47 Å². The maximum absolute atomic E-state index is 11.1. The number of aromatic hydroxyl groups is 1. The van der Waals surface area contributed by atoms with E-state index in [0.29, 0.717) is 0 Å². The van der Waals surface area contributed by atoms with Gasteiger partial charge in [-0.25, -0.2) is 4.79 Å². The van der Waals surface area contributed by atoms with E-state index in [1.165, 1.54) is 14.2 Å². The summed E-state index contributed by atoms with van der Waals surface area (Å²) in [7, 11) is 2.45. The van der Waals surface area contributed by atoms with E-state index in [0.717, 1.165) is 6.07 Å². The second kappa shape index (κ2) is 5.56. The van der Waals surface area contributed by atoms with Crippen LogP contribution in [0.5, 0.6) is 17.2 Å². The number of aromatic carboxylic acids is 1. The Hall–Kier alpha value is -1.99. The molecule has 100 valence electrons. The fraction of sp³-hybridized carbons (Fsp3) is 0.364. The van der Waals surface area contributed by atoms with E-state index in [-0.39, 0.29) is 22.6 Å². The smallest absolute Gasteiger partial charge is 0.336 e. The van der Waals surface area contributed by atoms with Crippen LogP contribution in [-0.4, -0.2) is 47.2 Å². The zero-order valence-electron chi connectivity index (χ0n) is 9.88. The minimum atomic E-state index is -1.48. The predicted molar refractivity (Wildman–Crippen MR) is 60.2 cm³/mol. The fourth-order valence-electron chi connectivity index (χ4n) is 1.60. The second-order valence-corrected chi connectivity index (χ2v) is 3.43. The molecule has 1 aromatic carbocycles. The monoisotopic (exact) mass is 258 g/mol. The number of carboxylic acids is 1. The first-order chi connectivity index (χ1) is 8.47. The minimum Gasteiger partial charge on any atom is -0.502 e. The molecule has 0 spiro atoms. The van der Waals surface area contributed by atoms with Crippen molar-refractivity contribution < 1.29 is 34.7 Å². The number of phenolic OH excluding ortho intramolecular Hbond substituents is 1. The van der Waals surface area contributed by atoms with Crippen molar-refractivity contribution in [1.82, 2.24) is 0 Å². The Morgan fingerprint density at radius 3 is 2.39 bits per heavy atom. The summed E-state index contributed by atoms with van der Waals surface area (Å²) >= 11 is 0. The maximum atomic E-state index is 11.1. The summed E-state index contributed by atoms with van der Waals surface area (Å²) in [6, 6.07) is 1.05. The molecular weight excluding hydrogens is 244 g/mol. The molecule has 7 nitrogen and oxygen atoms in total. The average Bonchev–Trinajstić information content (AvgIpc) is 2.36. The summed E-state index contributed by atoms with van der Waals surface area (Å²) in [6.45, 7) is -0.706. The number of carboxylic acid groups (broad SMARTS) is 1. The summed E-state index contributed by atoms with van der Waals surface area (Å²) in [5.74, 6) is -2.12. The third-order valence-corrected chi connectivity index (χ3v) is 2.42. The van der Waals surface area contributed by atoms with Gasteiger partial charge in [0, 0.05) is 5.56 Å². The third-order valence-electron chi connectivity index (χ3n) is 2.42. The molecule has 0 amide bonds. The lowest BCUT2D eigenvalue weighted by atomic mass is 10.00. The average molecular weight is 258 g/mol. The molecule has 1 rings (SSSR count). The molecule has 0 heterocycles. The summed E-state index contributed by atoms with van der Waals surface area (Å²) in [5.41, 5.74) is -0.520.